The number of sulfonamides is 1. The van der Waals surface area contributed by atoms with Gasteiger partial charge in [0.25, 0.3) is 5.91 Å². The summed E-state index contributed by atoms with van der Waals surface area (Å²) in [4.78, 5) is 24.1. The Hall–Kier alpha value is -2.91. The van der Waals surface area contributed by atoms with E-state index in [4.69, 9.17) is 9.47 Å². The van der Waals surface area contributed by atoms with Gasteiger partial charge in [0, 0.05) is 19.5 Å². The first-order valence-corrected chi connectivity index (χ1v) is 13.1. The van der Waals surface area contributed by atoms with E-state index in [0.717, 1.165) is 37.0 Å². The van der Waals surface area contributed by atoms with Crippen LogP contribution in [0.2, 0.25) is 0 Å². The second-order valence-corrected chi connectivity index (χ2v) is 10.1. The highest BCUT2D eigenvalue weighted by Gasteiger charge is 2.24. The molecule has 34 heavy (non-hydrogen) atoms. The van der Waals surface area contributed by atoms with Crippen LogP contribution in [0.3, 0.4) is 0 Å². The second kappa shape index (κ2) is 13.1. The van der Waals surface area contributed by atoms with Gasteiger partial charge in [0.05, 0.1) is 11.4 Å². The molecule has 1 amide bonds. The molecule has 0 aromatic heterocycles. The monoisotopic (exact) mass is 488 g/mol. The van der Waals surface area contributed by atoms with E-state index in [2.05, 4.69) is 5.32 Å². The maximum absolute atomic E-state index is 12.8. The topological polar surface area (TPSA) is 102 Å². The SMILES string of the molecule is O=C(COC(=O)CCc1ccc(S(=O)(=O)N2CCCCCC2)cc1)NCCOc1ccccc1. The van der Waals surface area contributed by atoms with Crippen molar-refractivity contribution >= 4 is 21.9 Å². The molecule has 1 aliphatic rings. The minimum Gasteiger partial charge on any atom is -0.492 e. The molecule has 2 aromatic rings. The van der Waals surface area contributed by atoms with Crippen LogP contribution in [0.5, 0.6) is 5.75 Å². The van der Waals surface area contributed by atoms with Crippen LogP contribution in [0.25, 0.3) is 0 Å². The first-order chi connectivity index (χ1) is 16.4. The number of hydrogen-bond donors (Lipinski definition) is 1. The Morgan fingerprint density at radius 1 is 0.912 bits per heavy atom. The molecule has 1 saturated heterocycles. The van der Waals surface area contributed by atoms with Gasteiger partial charge < -0.3 is 14.8 Å². The highest BCUT2D eigenvalue weighted by atomic mass is 32.2. The number of carbonyl (C=O) groups excluding carboxylic acids is 2. The van der Waals surface area contributed by atoms with Gasteiger partial charge in [0.1, 0.15) is 12.4 Å². The van der Waals surface area contributed by atoms with E-state index in [9.17, 15) is 18.0 Å². The molecule has 1 fully saturated rings. The molecule has 1 heterocycles. The quantitative estimate of drug-likeness (QED) is 0.385. The van der Waals surface area contributed by atoms with Gasteiger partial charge in [-0.2, -0.15) is 4.31 Å². The molecule has 184 valence electrons. The summed E-state index contributed by atoms with van der Waals surface area (Å²) in [5.74, 6) is -0.166. The van der Waals surface area contributed by atoms with Crippen LogP contribution < -0.4 is 10.1 Å². The van der Waals surface area contributed by atoms with Gasteiger partial charge >= 0.3 is 5.97 Å². The first kappa shape index (κ1) is 25.7. The second-order valence-electron chi connectivity index (χ2n) is 8.13. The van der Waals surface area contributed by atoms with Gasteiger partial charge in [-0.25, -0.2) is 8.42 Å². The van der Waals surface area contributed by atoms with E-state index in [0.29, 0.717) is 32.7 Å². The molecule has 0 spiro atoms. The lowest BCUT2D eigenvalue weighted by Gasteiger charge is -2.20. The van der Waals surface area contributed by atoms with Crippen LogP contribution in [0.1, 0.15) is 37.7 Å². The number of hydrogen-bond acceptors (Lipinski definition) is 6. The van der Waals surface area contributed by atoms with E-state index < -0.39 is 21.9 Å². The fourth-order valence-corrected chi connectivity index (χ4v) is 5.17. The molecule has 1 N–H and O–H groups in total. The number of aryl methyl sites for hydroxylation is 1. The van der Waals surface area contributed by atoms with Crippen LogP contribution in [0, 0.1) is 0 Å². The van der Waals surface area contributed by atoms with E-state index in [1.165, 1.54) is 0 Å². The minimum absolute atomic E-state index is 0.0998. The van der Waals surface area contributed by atoms with Crippen molar-refractivity contribution in [2.45, 2.75) is 43.4 Å². The van der Waals surface area contributed by atoms with Crippen molar-refractivity contribution in [1.82, 2.24) is 9.62 Å². The number of esters is 1. The Morgan fingerprint density at radius 2 is 1.59 bits per heavy atom. The van der Waals surface area contributed by atoms with Crippen LogP contribution in [-0.4, -0.2) is 57.4 Å². The van der Waals surface area contributed by atoms with Crippen molar-refractivity contribution in [1.29, 1.82) is 0 Å². The third kappa shape index (κ3) is 8.14. The van der Waals surface area contributed by atoms with Gasteiger partial charge in [-0.1, -0.05) is 43.2 Å². The Kier molecular flexibility index (Phi) is 9.90. The number of nitrogens with one attached hydrogen (secondary N) is 1. The number of nitrogens with zero attached hydrogens (tertiary/aromatic N) is 1. The van der Waals surface area contributed by atoms with Crippen LogP contribution in [0.15, 0.2) is 59.5 Å². The molecule has 0 bridgehead atoms. The zero-order valence-electron chi connectivity index (χ0n) is 19.3. The third-order valence-corrected chi connectivity index (χ3v) is 7.46. The van der Waals surface area contributed by atoms with Crippen molar-refractivity contribution in [2.24, 2.45) is 0 Å². The van der Waals surface area contributed by atoms with E-state index >= 15 is 0 Å². The number of benzene rings is 2. The standard InChI is InChI=1S/C25H32N2O6S/c28-24(26-16-19-32-22-8-4-3-5-9-22)20-33-25(29)15-12-21-10-13-23(14-11-21)34(30,31)27-17-6-1-2-7-18-27/h3-5,8-11,13-14H,1-2,6-7,12,15-20H2,(H,26,28). The molecular weight excluding hydrogens is 456 g/mol. The van der Waals surface area contributed by atoms with Crippen molar-refractivity contribution < 1.29 is 27.5 Å². The Balaban J connectivity index is 1.34. The highest BCUT2D eigenvalue weighted by molar-refractivity contribution is 7.89. The molecule has 3 rings (SSSR count). The molecule has 1 aliphatic heterocycles. The average Bonchev–Trinajstić information content (AvgIpc) is 3.15. The predicted octanol–water partition coefficient (Wildman–Crippen LogP) is 2.92. The average molecular weight is 489 g/mol. The normalized spacial score (nSPS) is 14.7. The Bertz CT molecular complexity index is 1020. The molecule has 0 radical (unpaired) electrons. The number of rotatable bonds is 11. The highest BCUT2D eigenvalue weighted by Crippen LogP contribution is 2.21. The third-order valence-electron chi connectivity index (χ3n) is 5.54. The fourth-order valence-electron chi connectivity index (χ4n) is 3.65. The minimum atomic E-state index is -3.49. The van der Waals surface area contributed by atoms with E-state index in [-0.39, 0.29) is 17.9 Å². The zero-order chi connectivity index (χ0) is 24.2. The molecule has 0 saturated carbocycles. The van der Waals surface area contributed by atoms with E-state index in [1.54, 1.807) is 28.6 Å². The van der Waals surface area contributed by atoms with Crippen molar-refractivity contribution in [2.75, 3.05) is 32.8 Å². The summed E-state index contributed by atoms with van der Waals surface area (Å²) in [6.07, 6.45) is 4.40. The summed E-state index contributed by atoms with van der Waals surface area (Å²) >= 11 is 0. The largest absolute Gasteiger partial charge is 0.492 e. The molecule has 2 aromatic carbocycles. The van der Waals surface area contributed by atoms with Crippen LogP contribution in [0.4, 0.5) is 0 Å². The molecular formula is C25H32N2O6S. The summed E-state index contributed by atoms with van der Waals surface area (Å²) in [7, 11) is -3.49. The van der Waals surface area contributed by atoms with Gasteiger partial charge in [-0.05, 0) is 49.1 Å². The number of carbonyl (C=O) groups is 2. The van der Waals surface area contributed by atoms with Crippen molar-refractivity contribution in [3.63, 3.8) is 0 Å². The molecule has 0 atom stereocenters. The number of ether oxygens (including phenoxy) is 2. The van der Waals surface area contributed by atoms with Crippen molar-refractivity contribution in [3.8, 4) is 5.75 Å². The Morgan fingerprint density at radius 3 is 2.26 bits per heavy atom. The number of para-hydroxylation sites is 1. The smallest absolute Gasteiger partial charge is 0.306 e. The lowest BCUT2D eigenvalue weighted by molar-refractivity contribution is -0.148. The maximum atomic E-state index is 12.8. The zero-order valence-corrected chi connectivity index (χ0v) is 20.1. The lowest BCUT2D eigenvalue weighted by Crippen LogP contribution is -2.32. The summed E-state index contributed by atoms with van der Waals surface area (Å²) in [6.45, 7) is 1.38. The molecule has 0 aliphatic carbocycles. The van der Waals surface area contributed by atoms with Crippen LogP contribution >= 0.6 is 0 Å². The van der Waals surface area contributed by atoms with Crippen LogP contribution in [-0.2, 0) is 30.8 Å². The summed E-state index contributed by atoms with van der Waals surface area (Å²) < 4.78 is 37.7. The first-order valence-electron chi connectivity index (χ1n) is 11.6. The molecule has 8 nitrogen and oxygen atoms in total. The summed E-state index contributed by atoms with van der Waals surface area (Å²) in [5.41, 5.74) is 0.828. The van der Waals surface area contributed by atoms with Gasteiger partial charge in [0.15, 0.2) is 6.61 Å². The summed E-state index contributed by atoms with van der Waals surface area (Å²) in [6, 6.07) is 15.9. The molecule has 9 heteroatoms. The number of amides is 1. The summed E-state index contributed by atoms with van der Waals surface area (Å²) in [5, 5.41) is 2.63. The lowest BCUT2D eigenvalue weighted by atomic mass is 10.1. The van der Waals surface area contributed by atoms with E-state index in [1.807, 2.05) is 30.3 Å². The van der Waals surface area contributed by atoms with Gasteiger partial charge in [0.2, 0.25) is 10.0 Å². The van der Waals surface area contributed by atoms with Gasteiger partial charge in [-0.15, -0.1) is 0 Å². The van der Waals surface area contributed by atoms with Crippen molar-refractivity contribution in [3.05, 3.63) is 60.2 Å². The fraction of sp³-hybridized carbons (Fsp3) is 0.440. The molecule has 0 unspecified atom stereocenters. The van der Waals surface area contributed by atoms with Gasteiger partial charge in [-0.3, -0.25) is 9.59 Å². The predicted molar refractivity (Wildman–Crippen MR) is 128 cm³/mol. The Labute approximate surface area is 201 Å². The maximum Gasteiger partial charge on any atom is 0.306 e.